The first kappa shape index (κ1) is 13.7. The van der Waals surface area contributed by atoms with Crippen LogP contribution in [-0.4, -0.2) is 42.5 Å². The minimum absolute atomic E-state index is 0.760. The van der Waals surface area contributed by atoms with Crippen molar-refractivity contribution in [2.75, 3.05) is 31.6 Å². The highest BCUT2D eigenvalue weighted by Gasteiger charge is 2.16. The second-order valence-electron chi connectivity index (χ2n) is 4.61. The number of likely N-dealkylation sites (tertiary alicyclic amines) is 1. The van der Waals surface area contributed by atoms with E-state index in [1.165, 1.54) is 25.0 Å². The lowest BCUT2D eigenvalue weighted by Crippen LogP contribution is -2.42. The third-order valence-corrected chi connectivity index (χ3v) is 3.83. The van der Waals surface area contributed by atoms with Gasteiger partial charge < -0.3 is 10.6 Å². The first-order valence-corrected chi connectivity index (χ1v) is 7.67. The molecule has 1 heterocycles. The molecule has 3 nitrogen and oxygen atoms in total. The van der Waals surface area contributed by atoms with Crippen LogP contribution < -0.4 is 5.73 Å². The fraction of sp³-hybridized carbons (Fsp3) is 0.917. The molecule has 94 valence electrons. The molecule has 1 aliphatic rings. The molecule has 1 rings (SSSR count). The highest BCUT2D eigenvalue weighted by Crippen LogP contribution is 2.15. The van der Waals surface area contributed by atoms with Crippen LogP contribution in [0, 0.1) is 5.92 Å². The molecule has 0 amide bonds. The maximum absolute atomic E-state index is 5.98. The zero-order valence-electron chi connectivity index (χ0n) is 10.6. The Morgan fingerprint density at radius 3 is 2.69 bits per heavy atom. The van der Waals surface area contributed by atoms with Crippen molar-refractivity contribution in [2.45, 2.75) is 32.6 Å². The Hall–Kier alpha value is -0.380. The highest BCUT2D eigenvalue weighted by molar-refractivity contribution is 7.98. The number of aliphatic imine (C=N–C) groups is 1. The van der Waals surface area contributed by atoms with E-state index in [1.807, 2.05) is 11.8 Å². The van der Waals surface area contributed by atoms with Gasteiger partial charge in [-0.3, -0.25) is 4.99 Å². The van der Waals surface area contributed by atoms with Crippen molar-refractivity contribution in [2.24, 2.45) is 16.6 Å². The monoisotopic (exact) mass is 243 g/mol. The SMILES string of the molecule is CSCCCCN=C(N)N1CCC(C)CC1. The maximum atomic E-state index is 5.98. The molecule has 0 atom stereocenters. The molecule has 0 aromatic carbocycles. The van der Waals surface area contributed by atoms with Gasteiger partial charge in [0.05, 0.1) is 0 Å². The average molecular weight is 243 g/mol. The molecule has 0 unspecified atom stereocenters. The van der Waals surface area contributed by atoms with Crippen molar-refractivity contribution < 1.29 is 0 Å². The number of hydrogen-bond donors (Lipinski definition) is 1. The van der Waals surface area contributed by atoms with E-state index in [9.17, 15) is 0 Å². The van der Waals surface area contributed by atoms with Crippen molar-refractivity contribution in [3.8, 4) is 0 Å². The summed E-state index contributed by atoms with van der Waals surface area (Å²) in [6, 6.07) is 0. The largest absolute Gasteiger partial charge is 0.370 e. The standard InChI is InChI=1S/C12H25N3S/c1-11-5-8-15(9-6-11)12(13)14-7-3-4-10-16-2/h11H,3-10H2,1-2H3,(H2,13,14). The maximum Gasteiger partial charge on any atom is 0.191 e. The van der Waals surface area contributed by atoms with Crippen LogP contribution in [-0.2, 0) is 0 Å². The van der Waals surface area contributed by atoms with Crippen molar-refractivity contribution in [1.82, 2.24) is 4.90 Å². The molecule has 0 spiro atoms. The molecule has 0 aromatic heterocycles. The lowest BCUT2D eigenvalue weighted by atomic mass is 10.00. The zero-order valence-corrected chi connectivity index (χ0v) is 11.4. The predicted molar refractivity (Wildman–Crippen MR) is 74.1 cm³/mol. The van der Waals surface area contributed by atoms with E-state index in [-0.39, 0.29) is 0 Å². The number of guanidine groups is 1. The van der Waals surface area contributed by atoms with Crippen LogP contribution in [0.3, 0.4) is 0 Å². The van der Waals surface area contributed by atoms with E-state index in [0.717, 1.165) is 37.9 Å². The summed E-state index contributed by atoms with van der Waals surface area (Å²) in [5.41, 5.74) is 5.98. The number of nitrogens with two attached hydrogens (primary N) is 1. The minimum Gasteiger partial charge on any atom is -0.370 e. The molecule has 16 heavy (non-hydrogen) atoms. The highest BCUT2D eigenvalue weighted by atomic mass is 32.2. The normalized spacial score (nSPS) is 19.1. The smallest absolute Gasteiger partial charge is 0.191 e. The van der Waals surface area contributed by atoms with Gasteiger partial charge in [0, 0.05) is 19.6 Å². The first-order valence-electron chi connectivity index (χ1n) is 6.28. The van der Waals surface area contributed by atoms with E-state index in [1.54, 1.807) is 0 Å². The van der Waals surface area contributed by atoms with Crippen LogP contribution in [0.5, 0.6) is 0 Å². The number of piperidine rings is 1. The van der Waals surface area contributed by atoms with Gasteiger partial charge in [0.15, 0.2) is 5.96 Å². The second-order valence-corrected chi connectivity index (χ2v) is 5.59. The number of rotatable bonds is 5. The van der Waals surface area contributed by atoms with Gasteiger partial charge in [-0.25, -0.2) is 0 Å². The third kappa shape index (κ3) is 5.10. The van der Waals surface area contributed by atoms with Crippen LogP contribution in [0.25, 0.3) is 0 Å². The minimum atomic E-state index is 0.760. The molecule has 1 fully saturated rings. The molecular formula is C12H25N3S. The summed E-state index contributed by atoms with van der Waals surface area (Å²) in [5.74, 6) is 2.85. The Labute approximate surface area is 104 Å². The van der Waals surface area contributed by atoms with Crippen LogP contribution in [0.4, 0.5) is 0 Å². The lowest BCUT2D eigenvalue weighted by molar-refractivity contribution is 0.277. The quantitative estimate of drug-likeness (QED) is 0.457. The summed E-state index contributed by atoms with van der Waals surface area (Å²) in [6.45, 7) is 5.37. The van der Waals surface area contributed by atoms with Crippen LogP contribution in [0.2, 0.25) is 0 Å². The molecule has 0 bridgehead atoms. The fourth-order valence-electron chi connectivity index (χ4n) is 1.89. The van der Waals surface area contributed by atoms with Crippen LogP contribution in [0.15, 0.2) is 4.99 Å². The van der Waals surface area contributed by atoms with Gasteiger partial charge in [-0.05, 0) is 43.6 Å². The van der Waals surface area contributed by atoms with Gasteiger partial charge in [-0.15, -0.1) is 0 Å². The lowest BCUT2D eigenvalue weighted by Gasteiger charge is -2.31. The fourth-order valence-corrected chi connectivity index (χ4v) is 2.38. The van der Waals surface area contributed by atoms with Crippen LogP contribution in [0.1, 0.15) is 32.6 Å². The molecule has 4 heteroatoms. The molecular weight excluding hydrogens is 218 g/mol. The van der Waals surface area contributed by atoms with Gasteiger partial charge in [0.2, 0.25) is 0 Å². The number of nitrogens with zero attached hydrogens (tertiary/aromatic N) is 2. The van der Waals surface area contributed by atoms with Crippen molar-refractivity contribution in [3.05, 3.63) is 0 Å². The van der Waals surface area contributed by atoms with Crippen molar-refractivity contribution in [3.63, 3.8) is 0 Å². The molecule has 0 saturated carbocycles. The molecule has 0 aliphatic carbocycles. The summed E-state index contributed by atoms with van der Waals surface area (Å²) >= 11 is 1.90. The van der Waals surface area contributed by atoms with E-state index < -0.39 is 0 Å². The summed E-state index contributed by atoms with van der Waals surface area (Å²) in [7, 11) is 0. The zero-order chi connectivity index (χ0) is 11.8. The predicted octanol–water partition coefficient (Wildman–Crippen LogP) is 2.18. The van der Waals surface area contributed by atoms with Crippen LogP contribution >= 0.6 is 11.8 Å². The second kappa shape index (κ2) is 7.82. The van der Waals surface area contributed by atoms with E-state index in [2.05, 4.69) is 23.1 Å². The summed E-state index contributed by atoms with van der Waals surface area (Å²) in [6.07, 6.45) is 7.05. The van der Waals surface area contributed by atoms with Crippen molar-refractivity contribution in [1.29, 1.82) is 0 Å². The number of unbranched alkanes of at least 4 members (excludes halogenated alkanes) is 1. The Balaban J connectivity index is 2.17. The van der Waals surface area contributed by atoms with Gasteiger partial charge >= 0.3 is 0 Å². The van der Waals surface area contributed by atoms with Gasteiger partial charge in [0.1, 0.15) is 0 Å². The van der Waals surface area contributed by atoms with Crippen molar-refractivity contribution >= 4 is 17.7 Å². The number of hydrogen-bond acceptors (Lipinski definition) is 2. The molecule has 1 aliphatic heterocycles. The van der Waals surface area contributed by atoms with E-state index in [0.29, 0.717) is 0 Å². The van der Waals surface area contributed by atoms with E-state index in [4.69, 9.17) is 5.73 Å². The summed E-state index contributed by atoms with van der Waals surface area (Å²) in [5, 5.41) is 0. The first-order chi connectivity index (χ1) is 7.74. The number of thioether (sulfide) groups is 1. The Morgan fingerprint density at radius 1 is 1.38 bits per heavy atom. The molecule has 1 saturated heterocycles. The third-order valence-electron chi connectivity index (χ3n) is 3.14. The van der Waals surface area contributed by atoms with Gasteiger partial charge in [-0.1, -0.05) is 6.92 Å². The molecule has 2 N–H and O–H groups in total. The molecule has 0 radical (unpaired) electrons. The van der Waals surface area contributed by atoms with Gasteiger partial charge in [-0.2, -0.15) is 11.8 Å². The molecule has 0 aromatic rings. The van der Waals surface area contributed by atoms with E-state index >= 15 is 0 Å². The average Bonchev–Trinajstić information content (AvgIpc) is 2.29. The summed E-state index contributed by atoms with van der Waals surface area (Å²) < 4.78 is 0. The Kier molecular flexibility index (Phi) is 6.69. The van der Waals surface area contributed by atoms with Gasteiger partial charge in [0.25, 0.3) is 0 Å². The Morgan fingerprint density at radius 2 is 2.06 bits per heavy atom. The summed E-state index contributed by atoms with van der Waals surface area (Å²) in [4.78, 5) is 6.69. The Bertz CT molecular complexity index is 210. The topological polar surface area (TPSA) is 41.6 Å².